The Morgan fingerprint density at radius 2 is 1.79 bits per heavy atom. The molecular weight excluding hydrogens is 420 g/mol. The number of ether oxygens (including phenoxy) is 1. The zero-order chi connectivity index (χ0) is 20.0. The summed E-state index contributed by atoms with van der Waals surface area (Å²) in [6.45, 7) is 1.51. The summed E-state index contributed by atoms with van der Waals surface area (Å²) in [4.78, 5) is 12.3. The van der Waals surface area contributed by atoms with Gasteiger partial charge in [-0.1, -0.05) is 29.8 Å². The average molecular weight is 441 g/mol. The first-order valence-corrected chi connectivity index (χ1v) is 11.7. The Morgan fingerprint density at radius 1 is 1.11 bits per heavy atom. The van der Waals surface area contributed by atoms with Crippen LogP contribution in [0.1, 0.15) is 5.56 Å². The number of sulfonamides is 1. The van der Waals surface area contributed by atoms with Crippen molar-refractivity contribution in [2.45, 2.75) is 10.6 Å². The lowest BCUT2D eigenvalue weighted by Crippen LogP contribution is -2.40. The Labute approximate surface area is 174 Å². The van der Waals surface area contributed by atoms with Gasteiger partial charge >= 0.3 is 0 Å². The van der Waals surface area contributed by atoms with Gasteiger partial charge in [0, 0.05) is 29.6 Å². The molecule has 2 aromatic rings. The summed E-state index contributed by atoms with van der Waals surface area (Å²) in [6, 6.07) is 13.8. The number of benzene rings is 2. The van der Waals surface area contributed by atoms with Gasteiger partial charge in [-0.15, -0.1) is 11.8 Å². The molecule has 0 unspecified atom stereocenters. The standard InChI is InChI=1S/C19H21ClN2O4S2/c20-18-4-2-1-3-15(18)13-27-14-19(23)21-16-5-7-17(8-6-16)28(24,25)22-9-11-26-12-10-22/h1-8H,9-14H2,(H,21,23). The smallest absolute Gasteiger partial charge is 0.243 e. The van der Waals surface area contributed by atoms with Crippen LogP contribution in [-0.4, -0.2) is 50.7 Å². The van der Waals surface area contributed by atoms with E-state index in [1.807, 2.05) is 24.3 Å². The first kappa shape index (κ1) is 21.1. The Morgan fingerprint density at radius 3 is 2.46 bits per heavy atom. The third-order valence-corrected chi connectivity index (χ3v) is 7.46. The fourth-order valence-electron chi connectivity index (χ4n) is 2.71. The summed E-state index contributed by atoms with van der Waals surface area (Å²) in [7, 11) is -3.53. The van der Waals surface area contributed by atoms with Crippen LogP contribution in [0.15, 0.2) is 53.4 Å². The number of hydrogen-bond donors (Lipinski definition) is 1. The number of carbonyl (C=O) groups is 1. The van der Waals surface area contributed by atoms with E-state index < -0.39 is 10.0 Å². The molecule has 1 heterocycles. The summed E-state index contributed by atoms with van der Waals surface area (Å²) >= 11 is 7.57. The highest BCUT2D eigenvalue weighted by molar-refractivity contribution is 7.99. The van der Waals surface area contributed by atoms with Gasteiger partial charge in [-0.2, -0.15) is 4.31 Å². The van der Waals surface area contributed by atoms with E-state index in [-0.39, 0.29) is 16.6 Å². The summed E-state index contributed by atoms with van der Waals surface area (Å²) in [5.74, 6) is 0.768. The Hall–Kier alpha value is -1.58. The van der Waals surface area contributed by atoms with Crippen molar-refractivity contribution >= 4 is 45.0 Å². The van der Waals surface area contributed by atoms with Gasteiger partial charge in [-0.3, -0.25) is 4.79 Å². The third-order valence-electron chi connectivity index (χ3n) is 4.19. The van der Waals surface area contributed by atoms with E-state index in [1.165, 1.54) is 28.2 Å². The molecule has 0 bridgehead atoms. The van der Waals surface area contributed by atoms with Gasteiger partial charge in [-0.25, -0.2) is 8.42 Å². The van der Waals surface area contributed by atoms with Crippen molar-refractivity contribution in [3.63, 3.8) is 0 Å². The minimum absolute atomic E-state index is 0.152. The highest BCUT2D eigenvalue weighted by Crippen LogP contribution is 2.22. The monoisotopic (exact) mass is 440 g/mol. The molecule has 150 valence electrons. The fourth-order valence-corrected chi connectivity index (χ4v) is 5.23. The van der Waals surface area contributed by atoms with Crippen LogP contribution in [0, 0.1) is 0 Å². The van der Waals surface area contributed by atoms with E-state index in [1.54, 1.807) is 12.1 Å². The van der Waals surface area contributed by atoms with Crippen molar-refractivity contribution in [1.82, 2.24) is 4.31 Å². The lowest BCUT2D eigenvalue weighted by Gasteiger charge is -2.26. The largest absolute Gasteiger partial charge is 0.379 e. The van der Waals surface area contributed by atoms with Gasteiger partial charge in [0.25, 0.3) is 0 Å². The quantitative estimate of drug-likeness (QED) is 0.715. The minimum atomic E-state index is -3.53. The summed E-state index contributed by atoms with van der Waals surface area (Å²) < 4.78 is 31.8. The number of nitrogens with one attached hydrogen (secondary N) is 1. The molecule has 0 atom stereocenters. The second-order valence-corrected chi connectivity index (χ2v) is 9.50. The second kappa shape index (κ2) is 9.76. The molecule has 0 saturated carbocycles. The zero-order valence-corrected chi connectivity index (χ0v) is 17.5. The Balaban J connectivity index is 1.52. The van der Waals surface area contributed by atoms with Gasteiger partial charge in [0.1, 0.15) is 0 Å². The normalized spacial score (nSPS) is 15.3. The zero-order valence-electron chi connectivity index (χ0n) is 15.1. The van der Waals surface area contributed by atoms with Gasteiger partial charge in [-0.05, 0) is 35.9 Å². The molecule has 2 aromatic carbocycles. The number of amides is 1. The number of thioether (sulfide) groups is 1. The second-order valence-electron chi connectivity index (χ2n) is 6.17. The Kier molecular flexibility index (Phi) is 7.36. The van der Waals surface area contributed by atoms with Crippen molar-refractivity contribution in [2.75, 3.05) is 37.4 Å². The van der Waals surface area contributed by atoms with Crippen LogP contribution in [0.25, 0.3) is 0 Å². The predicted octanol–water partition coefficient (Wildman–Crippen LogP) is 3.23. The third kappa shape index (κ3) is 5.48. The van der Waals surface area contributed by atoms with E-state index in [0.717, 1.165) is 5.56 Å². The molecule has 28 heavy (non-hydrogen) atoms. The van der Waals surface area contributed by atoms with Crippen molar-refractivity contribution in [1.29, 1.82) is 0 Å². The first-order valence-electron chi connectivity index (χ1n) is 8.76. The molecule has 1 N–H and O–H groups in total. The lowest BCUT2D eigenvalue weighted by molar-refractivity contribution is -0.113. The topological polar surface area (TPSA) is 75.7 Å². The maximum atomic E-state index is 12.6. The fraction of sp³-hybridized carbons (Fsp3) is 0.316. The minimum Gasteiger partial charge on any atom is -0.379 e. The van der Waals surface area contributed by atoms with Crippen molar-refractivity contribution in [2.24, 2.45) is 0 Å². The van der Waals surface area contributed by atoms with Crippen LogP contribution < -0.4 is 5.32 Å². The van der Waals surface area contributed by atoms with Gasteiger partial charge < -0.3 is 10.1 Å². The molecule has 6 nitrogen and oxygen atoms in total. The highest BCUT2D eigenvalue weighted by Gasteiger charge is 2.26. The number of rotatable bonds is 7. The number of carbonyl (C=O) groups excluding carboxylic acids is 1. The SMILES string of the molecule is O=C(CSCc1ccccc1Cl)Nc1ccc(S(=O)(=O)N2CCOCC2)cc1. The van der Waals surface area contributed by atoms with Gasteiger partial charge in [0.05, 0.1) is 23.9 Å². The molecule has 9 heteroatoms. The number of hydrogen-bond acceptors (Lipinski definition) is 5. The van der Waals surface area contributed by atoms with Crippen LogP contribution in [0.5, 0.6) is 0 Å². The van der Waals surface area contributed by atoms with Crippen LogP contribution in [0.2, 0.25) is 5.02 Å². The molecule has 0 radical (unpaired) electrons. The maximum Gasteiger partial charge on any atom is 0.243 e. The summed E-state index contributed by atoms with van der Waals surface area (Å²) in [5, 5.41) is 3.47. The van der Waals surface area contributed by atoms with Crippen LogP contribution in [-0.2, 0) is 25.3 Å². The lowest BCUT2D eigenvalue weighted by atomic mass is 10.2. The molecule has 1 fully saturated rings. The number of anilines is 1. The van der Waals surface area contributed by atoms with Crippen LogP contribution in [0.3, 0.4) is 0 Å². The molecular formula is C19H21ClN2O4S2. The van der Waals surface area contributed by atoms with E-state index in [0.29, 0.717) is 42.8 Å². The molecule has 0 aromatic heterocycles. The molecule has 1 amide bonds. The van der Waals surface area contributed by atoms with Gasteiger partial charge in [0.15, 0.2) is 0 Å². The highest BCUT2D eigenvalue weighted by atomic mass is 35.5. The molecule has 1 aliphatic rings. The van der Waals surface area contributed by atoms with E-state index in [2.05, 4.69) is 5.32 Å². The summed E-state index contributed by atoms with van der Waals surface area (Å²) in [5.41, 5.74) is 1.55. The van der Waals surface area contributed by atoms with E-state index >= 15 is 0 Å². The van der Waals surface area contributed by atoms with Crippen LogP contribution >= 0.6 is 23.4 Å². The summed E-state index contributed by atoms with van der Waals surface area (Å²) in [6.07, 6.45) is 0. The van der Waals surface area contributed by atoms with Gasteiger partial charge in [0.2, 0.25) is 15.9 Å². The number of nitrogens with zero attached hydrogens (tertiary/aromatic N) is 1. The van der Waals surface area contributed by atoms with Crippen molar-refractivity contribution in [3.8, 4) is 0 Å². The van der Waals surface area contributed by atoms with Crippen molar-refractivity contribution < 1.29 is 17.9 Å². The van der Waals surface area contributed by atoms with E-state index in [9.17, 15) is 13.2 Å². The maximum absolute atomic E-state index is 12.6. The van der Waals surface area contributed by atoms with Crippen molar-refractivity contribution in [3.05, 3.63) is 59.1 Å². The Bertz CT molecular complexity index is 914. The molecule has 1 aliphatic heterocycles. The number of halogens is 1. The number of morpholine rings is 1. The molecule has 1 saturated heterocycles. The average Bonchev–Trinajstić information content (AvgIpc) is 2.70. The predicted molar refractivity (Wildman–Crippen MR) is 112 cm³/mol. The molecule has 0 spiro atoms. The van der Waals surface area contributed by atoms with E-state index in [4.69, 9.17) is 16.3 Å². The molecule has 3 rings (SSSR count). The molecule has 0 aliphatic carbocycles. The first-order chi connectivity index (χ1) is 13.5. The van der Waals surface area contributed by atoms with Crippen LogP contribution in [0.4, 0.5) is 5.69 Å².